The maximum atomic E-state index is 11.9. The van der Waals surface area contributed by atoms with Gasteiger partial charge in [0.2, 0.25) is 0 Å². The van der Waals surface area contributed by atoms with Gasteiger partial charge in [0.25, 0.3) is 5.91 Å². The first-order chi connectivity index (χ1) is 12.6. The number of nitrogens with zero attached hydrogens (tertiary/aromatic N) is 1. The van der Waals surface area contributed by atoms with E-state index in [4.69, 9.17) is 9.47 Å². The zero-order chi connectivity index (χ0) is 18.8. The molecule has 0 radical (unpaired) electrons. The van der Waals surface area contributed by atoms with Crippen LogP contribution in [0.5, 0.6) is 11.5 Å². The molecule has 26 heavy (non-hydrogen) atoms. The maximum absolute atomic E-state index is 11.9. The van der Waals surface area contributed by atoms with Gasteiger partial charge in [0.05, 0.1) is 12.8 Å². The summed E-state index contributed by atoms with van der Waals surface area (Å²) in [6, 6.07) is 15.3. The van der Waals surface area contributed by atoms with E-state index in [0.717, 1.165) is 17.7 Å². The Morgan fingerprint density at radius 3 is 2.54 bits per heavy atom. The molecule has 1 N–H and O–H groups in total. The molecule has 0 aliphatic rings. The Labute approximate surface area is 155 Å². The lowest BCUT2D eigenvalue weighted by atomic mass is 10.0. The zero-order valence-electron chi connectivity index (χ0n) is 15.6. The SMILES string of the molecule is CCCOc1ccccc1/C=N/NC(=O)COc1ccc(C(C)C)cc1. The van der Waals surface area contributed by atoms with Crippen molar-refractivity contribution in [3.63, 3.8) is 0 Å². The van der Waals surface area contributed by atoms with Crippen molar-refractivity contribution in [2.45, 2.75) is 33.1 Å². The molecular weight excluding hydrogens is 328 g/mol. The fourth-order valence-corrected chi connectivity index (χ4v) is 2.23. The number of para-hydroxylation sites is 1. The van der Waals surface area contributed by atoms with Crippen molar-refractivity contribution in [1.29, 1.82) is 0 Å². The minimum Gasteiger partial charge on any atom is -0.493 e. The molecule has 0 aromatic heterocycles. The van der Waals surface area contributed by atoms with Crippen LogP contribution in [-0.4, -0.2) is 25.3 Å². The van der Waals surface area contributed by atoms with Crippen LogP contribution in [0, 0.1) is 0 Å². The monoisotopic (exact) mass is 354 g/mol. The summed E-state index contributed by atoms with van der Waals surface area (Å²) >= 11 is 0. The predicted octanol–water partition coefficient (Wildman–Crippen LogP) is 4.13. The Bertz CT molecular complexity index is 724. The van der Waals surface area contributed by atoms with E-state index in [1.807, 2.05) is 55.5 Å². The van der Waals surface area contributed by atoms with Gasteiger partial charge in [0.1, 0.15) is 11.5 Å². The molecule has 0 spiro atoms. The van der Waals surface area contributed by atoms with Crippen LogP contribution in [0.25, 0.3) is 0 Å². The van der Waals surface area contributed by atoms with E-state index in [0.29, 0.717) is 18.3 Å². The number of rotatable bonds is 9. The first-order valence-electron chi connectivity index (χ1n) is 8.86. The molecule has 2 aromatic carbocycles. The van der Waals surface area contributed by atoms with Gasteiger partial charge in [-0.1, -0.05) is 45.0 Å². The van der Waals surface area contributed by atoms with Crippen molar-refractivity contribution in [2.24, 2.45) is 5.10 Å². The van der Waals surface area contributed by atoms with E-state index in [1.54, 1.807) is 6.21 Å². The molecule has 138 valence electrons. The molecule has 0 aliphatic heterocycles. The van der Waals surface area contributed by atoms with Gasteiger partial charge in [-0.05, 0) is 42.2 Å². The molecule has 0 unspecified atom stereocenters. The van der Waals surface area contributed by atoms with Crippen LogP contribution >= 0.6 is 0 Å². The van der Waals surface area contributed by atoms with E-state index in [-0.39, 0.29) is 12.5 Å². The van der Waals surface area contributed by atoms with Gasteiger partial charge < -0.3 is 9.47 Å². The fourth-order valence-electron chi connectivity index (χ4n) is 2.23. The molecule has 0 bridgehead atoms. The molecule has 2 aromatic rings. The van der Waals surface area contributed by atoms with Crippen LogP contribution < -0.4 is 14.9 Å². The van der Waals surface area contributed by atoms with Crippen LogP contribution in [0.2, 0.25) is 0 Å². The largest absolute Gasteiger partial charge is 0.493 e. The number of amides is 1. The highest BCUT2D eigenvalue weighted by atomic mass is 16.5. The minimum atomic E-state index is -0.318. The predicted molar refractivity (Wildman–Crippen MR) is 104 cm³/mol. The lowest BCUT2D eigenvalue weighted by Gasteiger charge is -2.08. The second-order valence-electron chi connectivity index (χ2n) is 6.19. The Balaban J connectivity index is 1.82. The third kappa shape index (κ3) is 6.24. The van der Waals surface area contributed by atoms with Crippen molar-refractivity contribution >= 4 is 12.1 Å². The number of carbonyl (C=O) groups excluding carboxylic acids is 1. The summed E-state index contributed by atoms with van der Waals surface area (Å²) in [5.74, 6) is 1.55. The standard InChI is InChI=1S/C21H26N2O3/c1-4-13-25-20-8-6-5-7-18(20)14-22-23-21(24)15-26-19-11-9-17(10-12-19)16(2)3/h5-12,14,16H,4,13,15H2,1-3H3,(H,23,24)/b22-14+. The van der Waals surface area contributed by atoms with Gasteiger partial charge in [-0.3, -0.25) is 4.79 Å². The highest BCUT2D eigenvalue weighted by molar-refractivity contribution is 5.85. The number of benzene rings is 2. The molecule has 0 atom stereocenters. The smallest absolute Gasteiger partial charge is 0.277 e. The highest BCUT2D eigenvalue weighted by Crippen LogP contribution is 2.18. The molecule has 0 aliphatic carbocycles. The van der Waals surface area contributed by atoms with E-state index in [2.05, 4.69) is 24.4 Å². The van der Waals surface area contributed by atoms with E-state index in [9.17, 15) is 4.79 Å². The molecule has 0 saturated heterocycles. The average molecular weight is 354 g/mol. The topological polar surface area (TPSA) is 59.9 Å². The van der Waals surface area contributed by atoms with Crippen LogP contribution in [0.15, 0.2) is 53.6 Å². The molecule has 1 amide bonds. The Hall–Kier alpha value is -2.82. The van der Waals surface area contributed by atoms with Gasteiger partial charge in [0, 0.05) is 5.56 Å². The number of hydrogen-bond acceptors (Lipinski definition) is 4. The summed E-state index contributed by atoms with van der Waals surface area (Å²) in [6.07, 6.45) is 2.50. The van der Waals surface area contributed by atoms with Crippen molar-refractivity contribution in [3.8, 4) is 11.5 Å². The Morgan fingerprint density at radius 2 is 1.85 bits per heavy atom. The molecule has 2 rings (SSSR count). The first kappa shape index (κ1) is 19.5. The van der Waals surface area contributed by atoms with Crippen molar-refractivity contribution in [3.05, 3.63) is 59.7 Å². The minimum absolute atomic E-state index is 0.0909. The number of nitrogens with one attached hydrogen (secondary N) is 1. The molecular formula is C21H26N2O3. The third-order valence-electron chi connectivity index (χ3n) is 3.69. The van der Waals surface area contributed by atoms with Crippen molar-refractivity contribution < 1.29 is 14.3 Å². The second kappa shape index (κ2) is 10.2. The Kier molecular flexibility index (Phi) is 7.68. The number of hydrogen-bond donors (Lipinski definition) is 1. The summed E-state index contributed by atoms with van der Waals surface area (Å²) in [7, 11) is 0. The summed E-state index contributed by atoms with van der Waals surface area (Å²) in [5, 5.41) is 3.98. The maximum Gasteiger partial charge on any atom is 0.277 e. The summed E-state index contributed by atoms with van der Waals surface area (Å²) in [4.78, 5) is 11.9. The zero-order valence-corrected chi connectivity index (χ0v) is 15.6. The van der Waals surface area contributed by atoms with E-state index < -0.39 is 0 Å². The lowest BCUT2D eigenvalue weighted by Crippen LogP contribution is -2.24. The van der Waals surface area contributed by atoms with Crippen molar-refractivity contribution in [2.75, 3.05) is 13.2 Å². The quantitative estimate of drug-likeness (QED) is 0.544. The summed E-state index contributed by atoms with van der Waals surface area (Å²) in [5.41, 5.74) is 4.51. The van der Waals surface area contributed by atoms with Gasteiger partial charge >= 0.3 is 0 Å². The number of carbonyl (C=O) groups is 1. The molecule has 0 fully saturated rings. The van der Waals surface area contributed by atoms with Crippen LogP contribution in [0.3, 0.4) is 0 Å². The van der Waals surface area contributed by atoms with Crippen LogP contribution in [0.1, 0.15) is 44.2 Å². The fraction of sp³-hybridized carbons (Fsp3) is 0.333. The highest BCUT2D eigenvalue weighted by Gasteiger charge is 2.04. The molecule has 0 heterocycles. The van der Waals surface area contributed by atoms with Gasteiger partial charge in [0.15, 0.2) is 6.61 Å². The lowest BCUT2D eigenvalue weighted by molar-refractivity contribution is -0.123. The van der Waals surface area contributed by atoms with Gasteiger partial charge in [-0.25, -0.2) is 5.43 Å². The van der Waals surface area contributed by atoms with Crippen LogP contribution in [-0.2, 0) is 4.79 Å². The van der Waals surface area contributed by atoms with Crippen molar-refractivity contribution in [1.82, 2.24) is 5.43 Å². The molecule has 5 heteroatoms. The van der Waals surface area contributed by atoms with Crippen LogP contribution in [0.4, 0.5) is 0 Å². The van der Waals surface area contributed by atoms with Gasteiger partial charge in [-0.2, -0.15) is 5.10 Å². The molecule has 5 nitrogen and oxygen atoms in total. The molecule has 0 saturated carbocycles. The normalized spacial score (nSPS) is 10.9. The first-order valence-corrected chi connectivity index (χ1v) is 8.86. The summed E-state index contributed by atoms with van der Waals surface area (Å²) < 4.78 is 11.1. The van der Waals surface area contributed by atoms with E-state index in [1.165, 1.54) is 5.56 Å². The third-order valence-corrected chi connectivity index (χ3v) is 3.69. The number of hydrazone groups is 1. The van der Waals surface area contributed by atoms with Gasteiger partial charge in [-0.15, -0.1) is 0 Å². The summed E-state index contributed by atoms with van der Waals surface area (Å²) in [6.45, 7) is 6.86. The second-order valence-corrected chi connectivity index (χ2v) is 6.19. The number of ether oxygens (including phenoxy) is 2. The van der Waals surface area contributed by atoms with E-state index >= 15 is 0 Å². The average Bonchev–Trinajstić information content (AvgIpc) is 2.66. The Morgan fingerprint density at radius 1 is 1.12 bits per heavy atom.